The molecule has 2 N–H and O–H groups in total. The zero-order chi connectivity index (χ0) is 40.6. The van der Waals surface area contributed by atoms with Gasteiger partial charge in [0.2, 0.25) is 0 Å². The molecule has 8 bridgehead atoms. The number of hydrogen-bond acceptors (Lipinski definition) is 9. The topological polar surface area (TPSA) is 83.8 Å². The predicted octanol–water partition coefficient (Wildman–Crippen LogP) is 13.4. The number of hydrogen-bond donors (Lipinski definition) is 2. The summed E-state index contributed by atoms with van der Waals surface area (Å²) in [5.41, 5.74) is -3.83. The van der Waals surface area contributed by atoms with Crippen LogP contribution < -0.4 is 4.18 Å². The number of phenols is 2. The van der Waals surface area contributed by atoms with Crippen LogP contribution in [0.1, 0.15) is 105 Å². The molecule has 0 radical (unpaired) electrons. The molecule has 0 spiro atoms. The van der Waals surface area contributed by atoms with Gasteiger partial charge in [-0.05, 0) is 98.5 Å². The summed E-state index contributed by atoms with van der Waals surface area (Å²) < 4.78 is 72.7. The Kier molecular flexibility index (Phi) is 11.4. The summed E-state index contributed by atoms with van der Waals surface area (Å²) in [5.74, 6) is -0.589. The van der Waals surface area contributed by atoms with Gasteiger partial charge in [-0.1, -0.05) is 130 Å². The highest BCUT2D eigenvalue weighted by molar-refractivity contribution is 8.01. The first-order chi connectivity index (χ1) is 24.4. The van der Waals surface area contributed by atoms with E-state index in [1.807, 2.05) is 77.9 Å². The van der Waals surface area contributed by atoms with E-state index in [9.17, 15) is 31.8 Å². The highest BCUT2D eigenvalue weighted by Gasteiger charge is 2.49. The number of aromatic hydroxyl groups is 2. The molecule has 4 aromatic rings. The van der Waals surface area contributed by atoms with Crippen molar-refractivity contribution >= 4 is 57.2 Å². The molecule has 0 atom stereocenters. The van der Waals surface area contributed by atoms with E-state index >= 15 is 0 Å². The van der Waals surface area contributed by atoms with Crippen molar-refractivity contribution < 1.29 is 36.0 Å². The molecule has 4 aromatic carbocycles. The van der Waals surface area contributed by atoms with Crippen LogP contribution in [0.5, 0.6) is 17.2 Å². The number of halogens is 3. The van der Waals surface area contributed by atoms with Gasteiger partial charge in [-0.3, -0.25) is 0 Å². The van der Waals surface area contributed by atoms with Crippen LogP contribution in [0.25, 0.3) is 0 Å². The molecule has 5 rings (SSSR count). The lowest BCUT2D eigenvalue weighted by atomic mass is 9.87. The Hall–Kier alpha value is -2.58. The molecular weight excluding hydrogens is 790 g/mol. The van der Waals surface area contributed by atoms with Gasteiger partial charge in [0.15, 0.2) is 5.75 Å². The third-order valence-electron chi connectivity index (χ3n) is 8.82. The second kappa shape index (κ2) is 14.4. The summed E-state index contributed by atoms with van der Waals surface area (Å²) in [5, 5.41) is 23.8. The summed E-state index contributed by atoms with van der Waals surface area (Å²) in [6, 6.07) is 16.6. The maximum atomic E-state index is 14.0. The van der Waals surface area contributed by atoms with Gasteiger partial charge < -0.3 is 14.4 Å². The van der Waals surface area contributed by atoms with Crippen LogP contribution in [-0.4, -0.2) is 24.1 Å². The minimum atomic E-state index is -6.10. The van der Waals surface area contributed by atoms with Gasteiger partial charge in [-0.2, -0.15) is 21.6 Å². The Morgan fingerprint density at radius 2 is 0.741 bits per heavy atom. The SMILES string of the molecule is CC(C)(C)c1cc2cc(c1)Sc1cc(C(C)(C)C)cc(c1OS(=O)(=O)C(F)(F)F)Sc1cc(C(C)(C)C)cc(c1O)Sc1cc(C(C)(C)C)cc(c1O)S2. The van der Waals surface area contributed by atoms with E-state index < -0.39 is 32.2 Å². The van der Waals surface area contributed by atoms with Crippen molar-refractivity contribution in [3.05, 3.63) is 76.9 Å². The molecule has 0 amide bonds. The first-order valence-electron chi connectivity index (χ1n) is 17.3. The molecule has 0 aromatic heterocycles. The zero-order valence-electron chi connectivity index (χ0n) is 32.5. The van der Waals surface area contributed by atoms with E-state index in [4.69, 9.17) is 4.18 Å². The monoisotopic (exact) mass is 836 g/mol. The molecule has 1 heterocycles. The first kappa shape index (κ1) is 42.6. The highest BCUT2D eigenvalue weighted by Crippen LogP contribution is 2.54. The molecule has 292 valence electrons. The summed E-state index contributed by atoms with van der Waals surface area (Å²) in [6.07, 6.45) is 0. The Morgan fingerprint density at radius 3 is 1.09 bits per heavy atom. The number of phenolic OH excluding ortho intramolecular Hbond substituents is 2. The van der Waals surface area contributed by atoms with E-state index in [0.29, 0.717) is 19.6 Å². The average Bonchev–Trinajstić information content (AvgIpc) is 2.99. The molecule has 0 fully saturated rings. The van der Waals surface area contributed by atoms with Crippen molar-refractivity contribution in [2.75, 3.05) is 0 Å². The van der Waals surface area contributed by atoms with E-state index in [-0.39, 0.29) is 37.0 Å². The maximum absolute atomic E-state index is 14.0. The Balaban J connectivity index is 1.94. The fourth-order valence-corrected chi connectivity index (χ4v) is 10.4. The number of benzene rings is 4. The molecule has 1 aliphatic heterocycles. The van der Waals surface area contributed by atoms with Crippen molar-refractivity contribution in [2.24, 2.45) is 0 Å². The van der Waals surface area contributed by atoms with Gasteiger partial charge in [0.1, 0.15) is 11.5 Å². The number of rotatable bonds is 2. The fourth-order valence-electron chi connectivity index (χ4n) is 5.36. The highest BCUT2D eigenvalue weighted by atomic mass is 32.2. The molecule has 13 heteroatoms. The largest absolute Gasteiger partial charge is 0.534 e. The fraction of sp³-hybridized carbons (Fsp3) is 0.415. The lowest BCUT2D eigenvalue weighted by Gasteiger charge is -2.26. The van der Waals surface area contributed by atoms with Gasteiger partial charge >= 0.3 is 15.6 Å². The van der Waals surface area contributed by atoms with E-state index in [0.717, 1.165) is 50.7 Å². The lowest BCUT2D eigenvalue weighted by Crippen LogP contribution is -2.28. The lowest BCUT2D eigenvalue weighted by molar-refractivity contribution is -0.0501. The van der Waals surface area contributed by atoms with Crippen LogP contribution in [0.2, 0.25) is 0 Å². The minimum absolute atomic E-state index is 0.0586. The predicted molar refractivity (Wildman–Crippen MR) is 216 cm³/mol. The smallest absolute Gasteiger partial charge is 0.506 e. The van der Waals surface area contributed by atoms with Gasteiger partial charge in [0.25, 0.3) is 0 Å². The van der Waals surface area contributed by atoms with E-state index in [1.54, 1.807) is 18.2 Å². The molecule has 54 heavy (non-hydrogen) atoms. The number of fused-ring (bicyclic) bond motifs is 8. The van der Waals surface area contributed by atoms with E-state index in [2.05, 4.69) is 41.5 Å². The van der Waals surface area contributed by atoms with Crippen molar-refractivity contribution in [3.63, 3.8) is 0 Å². The van der Waals surface area contributed by atoms with Gasteiger partial charge in [0.05, 0.1) is 29.4 Å². The third kappa shape index (κ3) is 9.33. The Morgan fingerprint density at radius 1 is 0.463 bits per heavy atom. The average molecular weight is 837 g/mol. The summed E-state index contributed by atoms with van der Waals surface area (Å²) >= 11 is 4.58. The Bertz CT molecular complexity index is 2220. The zero-order valence-corrected chi connectivity index (χ0v) is 36.6. The minimum Gasteiger partial charge on any atom is -0.506 e. The van der Waals surface area contributed by atoms with Crippen molar-refractivity contribution in [1.82, 2.24) is 0 Å². The van der Waals surface area contributed by atoms with Crippen LogP contribution >= 0.6 is 47.0 Å². The third-order valence-corrected chi connectivity index (χ3v) is 13.9. The van der Waals surface area contributed by atoms with Gasteiger partial charge in [0, 0.05) is 9.79 Å². The molecule has 0 saturated carbocycles. The Labute approximate surface area is 334 Å². The molecule has 0 unspecified atom stereocenters. The maximum Gasteiger partial charge on any atom is 0.534 e. The normalized spacial score (nSPS) is 14.6. The van der Waals surface area contributed by atoms with Gasteiger partial charge in [-0.15, -0.1) is 0 Å². The van der Waals surface area contributed by atoms with E-state index in [1.165, 1.54) is 23.5 Å². The van der Waals surface area contributed by atoms with Crippen LogP contribution in [0, 0.1) is 0 Å². The van der Waals surface area contributed by atoms with Crippen molar-refractivity contribution in [2.45, 2.75) is 149 Å². The van der Waals surface area contributed by atoms with Crippen LogP contribution in [0.15, 0.2) is 93.8 Å². The van der Waals surface area contributed by atoms with Crippen LogP contribution in [0.3, 0.4) is 0 Å². The van der Waals surface area contributed by atoms with Crippen LogP contribution in [-0.2, 0) is 31.8 Å². The standard InChI is InChI=1S/C41H47F3O5S5/c1-37(2,3)22-13-26-21-27(14-22)51-32-19-25(40(10,11)12)20-33(36(32)49-54(47,48)41(42,43)44)53-31-18-24(39(7,8)9)17-30(35(31)46)52-29-16-23(38(4,5)6)15-28(50-26)34(29)45/h13-21,45-46H,1-12H3. The quantitative estimate of drug-likeness (QED) is 0.133. The summed E-state index contributed by atoms with van der Waals surface area (Å²) in [7, 11) is -6.10. The molecule has 0 aliphatic carbocycles. The molecule has 1 aliphatic rings. The van der Waals surface area contributed by atoms with Crippen molar-refractivity contribution in [1.29, 1.82) is 0 Å². The van der Waals surface area contributed by atoms with Gasteiger partial charge in [-0.25, -0.2) is 0 Å². The van der Waals surface area contributed by atoms with Crippen molar-refractivity contribution in [3.8, 4) is 17.2 Å². The second-order valence-electron chi connectivity index (χ2n) is 17.5. The molecule has 5 nitrogen and oxygen atoms in total. The second-order valence-corrected chi connectivity index (χ2v) is 23.5. The van der Waals surface area contributed by atoms with Crippen LogP contribution in [0.4, 0.5) is 13.2 Å². The summed E-state index contributed by atoms with van der Waals surface area (Å²) in [4.78, 5) is 3.46. The molecule has 0 saturated heterocycles. The summed E-state index contributed by atoms with van der Waals surface area (Å²) in [6.45, 7) is 24.3. The first-order valence-corrected chi connectivity index (χ1v) is 21.9. The molecular formula is C41H47F3O5S5. The number of alkyl halides is 3.